The fraction of sp³-hybridized carbons (Fsp3) is 0.125. The maximum atomic E-state index is 11.9. The molecule has 2 aromatic rings. The van der Waals surface area contributed by atoms with Crippen LogP contribution in [0.3, 0.4) is 0 Å². The molecule has 24 heavy (non-hydrogen) atoms. The number of ether oxygens (including phenoxy) is 1. The summed E-state index contributed by atoms with van der Waals surface area (Å²) in [5, 5.41) is 0. The fourth-order valence-electron chi connectivity index (χ4n) is 1.82. The molecule has 0 aliphatic heterocycles. The van der Waals surface area contributed by atoms with Crippen molar-refractivity contribution in [3.05, 3.63) is 64.1 Å². The third-order valence-corrected chi connectivity index (χ3v) is 4.06. The lowest BCUT2D eigenvalue weighted by atomic mass is 10.1. The van der Waals surface area contributed by atoms with Gasteiger partial charge in [-0.25, -0.2) is 13.2 Å². The van der Waals surface area contributed by atoms with Gasteiger partial charge in [0.25, 0.3) is 0 Å². The summed E-state index contributed by atoms with van der Waals surface area (Å²) in [4.78, 5) is 23.8. The highest BCUT2D eigenvalue weighted by molar-refractivity contribution is 9.10. The predicted molar refractivity (Wildman–Crippen MR) is 93.7 cm³/mol. The summed E-state index contributed by atoms with van der Waals surface area (Å²) in [5.74, 6) is -0.974. The van der Waals surface area contributed by atoms with Gasteiger partial charge >= 0.3 is 5.97 Å². The van der Waals surface area contributed by atoms with E-state index in [-0.39, 0.29) is 18.0 Å². The van der Waals surface area contributed by atoms with Crippen LogP contribution in [0.4, 0.5) is 5.69 Å². The van der Waals surface area contributed by atoms with E-state index in [1.54, 1.807) is 24.3 Å². The van der Waals surface area contributed by atoms with Crippen LogP contribution in [-0.4, -0.2) is 33.0 Å². The van der Waals surface area contributed by atoms with Crippen molar-refractivity contribution in [2.24, 2.45) is 0 Å². The number of halogens is 1. The molecule has 1 N–H and O–H groups in total. The number of sulfonamides is 1. The van der Waals surface area contributed by atoms with Gasteiger partial charge in [0.05, 0.1) is 11.8 Å². The zero-order chi connectivity index (χ0) is 17.7. The highest BCUT2D eigenvalue weighted by Gasteiger charge is 2.12. The molecule has 0 atom stereocenters. The van der Waals surface area contributed by atoms with Crippen LogP contribution >= 0.6 is 15.9 Å². The van der Waals surface area contributed by atoms with Crippen LogP contribution in [-0.2, 0) is 14.8 Å². The first-order valence-corrected chi connectivity index (χ1v) is 9.47. The number of hydrogen-bond donors (Lipinski definition) is 1. The summed E-state index contributed by atoms with van der Waals surface area (Å²) in [6, 6.07) is 12.4. The maximum absolute atomic E-state index is 11.9. The zero-order valence-corrected chi connectivity index (χ0v) is 15.1. The second-order valence-corrected chi connectivity index (χ2v) is 7.62. The van der Waals surface area contributed by atoms with Crippen LogP contribution in [0, 0.1) is 0 Å². The number of carbonyl (C=O) groups excluding carboxylic acids is 2. The summed E-state index contributed by atoms with van der Waals surface area (Å²) in [6.45, 7) is -0.371. The van der Waals surface area contributed by atoms with Gasteiger partial charge in [-0.2, -0.15) is 0 Å². The van der Waals surface area contributed by atoms with Gasteiger partial charge in [0.15, 0.2) is 12.4 Å². The van der Waals surface area contributed by atoms with Crippen molar-refractivity contribution in [1.29, 1.82) is 0 Å². The average Bonchev–Trinajstić information content (AvgIpc) is 2.52. The number of ketones is 1. The molecular formula is C16H14BrNO5S. The Balaban J connectivity index is 1.95. The molecule has 0 radical (unpaired) electrons. The molecule has 0 aliphatic rings. The van der Waals surface area contributed by atoms with Crippen LogP contribution in [0.5, 0.6) is 0 Å². The van der Waals surface area contributed by atoms with Crippen molar-refractivity contribution >= 4 is 43.4 Å². The van der Waals surface area contributed by atoms with Gasteiger partial charge in [-0.15, -0.1) is 0 Å². The Bertz CT molecular complexity index is 845. The Hall–Kier alpha value is -2.19. The molecule has 0 spiro atoms. The highest BCUT2D eigenvalue weighted by atomic mass is 79.9. The summed E-state index contributed by atoms with van der Waals surface area (Å²) in [7, 11) is -3.38. The number of esters is 1. The van der Waals surface area contributed by atoms with E-state index in [9.17, 15) is 18.0 Å². The number of rotatable bonds is 6. The SMILES string of the molecule is CS(=O)(=O)Nc1ccc(C(=O)OCC(=O)c2ccc(Br)cc2)cc1. The van der Waals surface area contributed by atoms with E-state index < -0.39 is 16.0 Å². The first-order chi connectivity index (χ1) is 11.2. The summed E-state index contributed by atoms with van der Waals surface area (Å²) >= 11 is 3.27. The van der Waals surface area contributed by atoms with Crippen LogP contribution in [0.15, 0.2) is 53.0 Å². The third-order valence-electron chi connectivity index (χ3n) is 2.92. The number of benzene rings is 2. The fourth-order valence-corrected chi connectivity index (χ4v) is 2.65. The molecule has 6 nitrogen and oxygen atoms in total. The van der Waals surface area contributed by atoms with Gasteiger partial charge in [-0.1, -0.05) is 28.1 Å². The molecule has 0 aromatic heterocycles. The first-order valence-electron chi connectivity index (χ1n) is 6.78. The van der Waals surface area contributed by atoms with Crippen molar-refractivity contribution < 1.29 is 22.7 Å². The number of nitrogens with one attached hydrogen (secondary N) is 1. The molecule has 0 saturated heterocycles. The molecule has 8 heteroatoms. The lowest BCUT2D eigenvalue weighted by Gasteiger charge is -2.06. The maximum Gasteiger partial charge on any atom is 0.338 e. The Morgan fingerprint density at radius 3 is 2.08 bits per heavy atom. The molecule has 0 bridgehead atoms. The summed E-state index contributed by atoms with van der Waals surface area (Å²) in [6.07, 6.45) is 1.03. The zero-order valence-electron chi connectivity index (χ0n) is 12.7. The Labute approximate surface area is 148 Å². The molecule has 0 unspecified atom stereocenters. The van der Waals surface area contributed by atoms with Gasteiger partial charge in [-0.3, -0.25) is 9.52 Å². The number of Topliss-reactive ketones (excluding diaryl/α,β-unsaturated/α-hetero) is 1. The first kappa shape index (κ1) is 18.2. The van der Waals surface area contributed by atoms with E-state index in [4.69, 9.17) is 4.74 Å². The minimum Gasteiger partial charge on any atom is -0.454 e. The van der Waals surface area contributed by atoms with Crippen LogP contribution < -0.4 is 4.72 Å². The Morgan fingerprint density at radius 1 is 1.00 bits per heavy atom. The number of anilines is 1. The smallest absolute Gasteiger partial charge is 0.338 e. The van der Waals surface area contributed by atoms with Crippen LogP contribution in [0.2, 0.25) is 0 Å². The topological polar surface area (TPSA) is 89.5 Å². The van der Waals surface area contributed by atoms with E-state index in [1.165, 1.54) is 24.3 Å². The van der Waals surface area contributed by atoms with Gasteiger partial charge < -0.3 is 4.74 Å². The largest absolute Gasteiger partial charge is 0.454 e. The monoisotopic (exact) mass is 411 g/mol. The van der Waals surface area contributed by atoms with Crippen molar-refractivity contribution in [3.8, 4) is 0 Å². The lowest BCUT2D eigenvalue weighted by molar-refractivity contribution is 0.0475. The van der Waals surface area contributed by atoms with Crippen molar-refractivity contribution in [1.82, 2.24) is 0 Å². The third kappa shape index (κ3) is 5.47. The minimum atomic E-state index is -3.38. The molecule has 0 fully saturated rings. The van der Waals surface area contributed by atoms with Gasteiger partial charge in [-0.05, 0) is 36.4 Å². The number of carbonyl (C=O) groups is 2. The number of hydrogen-bond acceptors (Lipinski definition) is 5. The van der Waals surface area contributed by atoms with Gasteiger partial charge in [0.2, 0.25) is 10.0 Å². The van der Waals surface area contributed by atoms with Crippen molar-refractivity contribution in [2.45, 2.75) is 0 Å². The summed E-state index contributed by atoms with van der Waals surface area (Å²) < 4.78 is 30.3. The van der Waals surface area contributed by atoms with E-state index in [0.717, 1.165) is 10.7 Å². The normalized spacial score (nSPS) is 10.9. The minimum absolute atomic E-state index is 0.220. The van der Waals surface area contributed by atoms with E-state index in [0.29, 0.717) is 11.3 Å². The predicted octanol–water partition coefficient (Wildman–Crippen LogP) is 2.86. The molecule has 0 saturated carbocycles. The molecule has 2 aromatic carbocycles. The van der Waals surface area contributed by atoms with Crippen molar-refractivity contribution in [2.75, 3.05) is 17.6 Å². The van der Waals surface area contributed by atoms with Crippen LogP contribution in [0.1, 0.15) is 20.7 Å². The second-order valence-electron chi connectivity index (χ2n) is 4.96. The molecule has 0 aliphatic carbocycles. The average molecular weight is 412 g/mol. The standard InChI is InChI=1S/C16H14BrNO5S/c1-24(21,22)18-14-8-4-12(5-9-14)16(20)23-10-15(19)11-2-6-13(17)7-3-11/h2-9,18H,10H2,1H3. The Morgan fingerprint density at radius 2 is 1.54 bits per heavy atom. The van der Waals surface area contributed by atoms with Gasteiger partial charge in [0.1, 0.15) is 0 Å². The lowest BCUT2D eigenvalue weighted by Crippen LogP contribution is -2.14. The summed E-state index contributed by atoms with van der Waals surface area (Å²) in [5.41, 5.74) is 0.997. The molecule has 126 valence electrons. The molecule has 2 rings (SSSR count). The van der Waals surface area contributed by atoms with Crippen LogP contribution in [0.25, 0.3) is 0 Å². The second kappa shape index (κ2) is 7.59. The molecule has 0 amide bonds. The van der Waals surface area contributed by atoms with E-state index >= 15 is 0 Å². The Kier molecular flexibility index (Phi) is 5.74. The van der Waals surface area contributed by atoms with Crippen molar-refractivity contribution in [3.63, 3.8) is 0 Å². The quantitative estimate of drug-likeness (QED) is 0.582. The highest BCUT2D eigenvalue weighted by Crippen LogP contribution is 2.13. The van der Waals surface area contributed by atoms with Gasteiger partial charge in [0, 0.05) is 15.7 Å². The van der Waals surface area contributed by atoms with E-state index in [1.807, 2.05) is 0 Å². The molecule has 0 heterocycles. The van der Waals surface area contributed by atoms with E-state index in [2.05, 4.69) is 20.7 Å². The molecular weight excluding hydrogens is 398 g/mol.